The van der Waals surface area contributed by atoms with Gasteiger partial charge in [-0.2, -0.15) is 0 Å². The van der Waals surface area contributed by atoms with Gasteiger partial charge in [0.2, 0.25) is 0 Å². The minimum atomic E-state index is 0. The second-order valence-electron chi connectivity index (χ2n) is 0.833. The summed E-state index contributed by atoms with van der Waals surface area (Å²) in [7, 11) is 0. The van der Waals surface area contributed by atoms with Gasteiger partial charge < -0.3 is 11.0 Å². The fourth-order valence-electron chi connectivity index (χ4n) is 0.0913. The van der Waals surface area contributed by atoms with Crippen LogP contribution in [0.2, 0.25) is 0 Å². The van der Waals surface area contributed by atoms with Crippen molar-refractivity contribution < 1.29 is 13.8 Å². The second kappa shape index (κ2) is 15.9. The van der Waals surface area contributed by atoms with Crippen LogP contribution < -0.4 is 0 Å². The van der Waals surface area contributed by atoms with Crippen molar-refractivity contribution in [2.45, 2.75) is 13.3 Å². The van der Waals surface area contributed by atoms with Crippen molar-refractivity contribution in [1.29, 1.82) is 0 Å². The molecular weight excluding hydrogens is 293 g/mol. The Bertz CT molecular complexity index is 17.7. The molecule has 0 atom stereocenters. The normalized spacial score (nSPS) is 6.00. The van der Waals surface area contributed by atoms with Gasteiger partial charge in [-0.1, -0.05) is 0 Å². The van der Waals surface area contributed by atoms with Crippen molar-refractivity contribution in [2.75, 3.05) is 6.61 Å². The molecule has 0 aliphatic carbocycles. The van der Waals surface area contributed by atoms with Crippen molar-refractivity contribution in [3.63, 3.8) is 0 Å². The molecule has 0 aliphatic heterocycles. The molecule has 0 aromatic rings. The van der Waals surface area contributed by atoms with Gasteiger partial charge in [0, 0.05) is 0 Å². The van der Waals surface area contributed by atoms with Gasteiger partial charge >= 0.3 is 47.9 Å². The Balaban J connectivity index is -0.0000000800. The summed E-state index contributed by atoms with van der Waals surface area (Å²) in [6, 6.07) is 0. The molecule has 0 heterocycles. The molecule has 0 aromatic carbocycles. The minimum Gasteiger partial charge on any atom is -0.412 e. The third kappa shape index (κ3) is 20.1. The first-order valence-corrected chi connectivity index (χ1v) is 3.10. The Morgan fingerprint density at radius 3 is 1.86 bits per heavy atom. The van der Waals surface area contributed by atoms with Crippen LogP contribution in [-0.4, -0.2) is 42.7 Å². The van der Waals surface area contributed by atoms with E-state index >= 15 is 0 Å². The van der Waals surface area contributed by atoms with Crippen molar-refractivity contribution in [3.05, 3.63) is 0 Å². The number of hydrogen-bond acceptors (Lipinski definition) is 1. The summed E-state index contributed by atoms with van der Waals surface area (Å²) in [5.41, 5.74) is 0. The van der Waals surface area contributed by atoms with E-state index < -0.39 is 0 Å². The van der Waals surface area contributed by atoms with E-state index in [1.54, 1.807) is 0 Å². The summed E-state index contributed by atoms with van der Waals surface area (Å²) in [6.45, 7) is 3.04. The van der Waals surface area contributed by atoms with E-state index in [9.17, 15) is 0 Å². The Morgan fingerprint density at radius 2 is 1.86 bits per heavy atom. The second-order valence-corrected chi connectivity index (χ2v) is 1.84. The Kier molecular flexibility index (Phi) is 35.5. The zero-order chi connectivity index (χ0) is 4.12. The van der Waals surface area contributed by atoms with E-state index in [1.165, 1.54) is 0 Å². The van der Waals surface area contributed by atoms with E-state index in [1.807, 2.05) is 0 Å². The Hall–Kier alpha value is 0.763. The largest absolute Gasteiger partial charge is 0.412 e. The first kappa shape index (κ1) is 15.7. The van der Waals surface area contributed by atoms with Crippen LogP contribution in [0.4, 0.5) is 0 Å². The molecule has 0 amide bonds. The minimum absolute atomic E-state index is 0. The molecule has 0 saturated heterocycles. The fraction of sp³-hybridized carbons (Fsp3) is 1.00. The summed E-state index contributed by atoms with van der Waals surface area (Å²) < 4.78 is 4.80. The van der Waals surface area contributed by atoms with Gasteiger partial charge in [0.25, 0.3) is 0 Å². The maximum atomic E-state index is 4.80. The molecule has 0 rings (SSSR count). The molecule has 0 bridgehead atoms. The molecule has 0 aromatic heterocycles. The smallest absolute Gasteiger partial charge is 0.412 e. The van der Waals surface area contributed by atoms with Crippen LogP contribution >= 0.6 is 0 Å². The van der Waals surface area contributed by atoms with Crippen LogP contribution in [0.5, 0.6) is 0 Å². The monoisotopic (exact) mass is 304 g/mol. The summed E-state index contributed by atoms with van der Waals surface area (Å²) in [5.74, 6) is 0. The van der Waals surface area contributed by atoms with Gasteiger partial charge in [-0.15, -0.1) is 0 Å². The molecule has 4 heteroatoms. The van der Waals surface area contributed by atoms with Gasteiger partial charge in [-0.3, -0.25) is 0 Å². The van der Waals surface area contributed by atoms with Crippen molar-refractivity contribution >= 4 is 25.2 Å². The van der Waals surface area contributed by atoms with Gasteiger partial charge in [-0.05, 0) is 0 Å². The quantitative estimate of drug-likeness (QED) is 0.594. The summed E-state index contributed by atoms with van der Waals surface area (Å²) in [5, 5.41) is 0. The average molecular weight is 304 g/mol. The summed E-state index contributed by atoms with van der Waals surface area (Å²) >= 11 is 1.06. The molecule has 7 heavy (non-hydrogen) atoms. The first-order valence-electron chi connectivity index (χ1n) is 1.68. The molecule has 0 unspecified atom stereocenters. The zero-order valence-corrected chi connectivity index (χ0v) is 7.75. The molecule has 3 nitrogen and oxygen atoms in total. The van der Waals surface area contributed by atoms with E-state index in [0.717, 1.165) is 38.2 Å². The van der Waals surface area contributed by atoms with Crippen molar-refractivity contribution in [3.8, 4) is 0 Å². The van der Waals surface area contributed by atoms with E-state index in [4.69, 9.17) is 2.81 Å². The predicted molar refractivity (Wildman–Crippen MR) is 29.2 cm³/mol. The van der Waals surface area contributed by atoms with Crippen LogP contribution in [0, 0.1) is 0 Å². The van der Waals surface area contributed by atoms with Gasteiger partial charge in [0.1, 0.15) is 0 Å². The number of hydrogen-bond donors (Lipinski definition) is 0. The van der Waals surface area contributed by atoms with Crippen molar-refractivity contribution in [2.24, 2.45) is 0 Å². The topological polar surface area (TPSA) is 72.2 Å². The average Bonchev–Trinajstić information content (AvgIpc) is 1.41. The Labute approximate surface area is 59.1 Å². The van der Waals surface area contributed by atoms with Crippen LogP contribution in [-0.2, 0) is 2.81 Å². The number of rotatable bonds is 2. The van der Waals surface area contributed by atoms with Gasteiger partial charge in [0.05, 0.1) is 0 Å². The van der Waals surface area contributed by atoms with Crippen LogP contribution in [0.3, 0.4) is 0 Å². The third-order valence-electron chi connectivity index (χ3n) is 0.295. The molecule has 0 aliphatic rings. The standard InChI is InChI=1S/C3H7O.Bi.2H2O/c1-2-3-4;;;/h2-3H2,1H3;;2*1H2/q-1;+1;;. The maximum Gasteiger partial charge on any atom is -0.412 e. The van der Waals surface area contributed by atoms with Crippen LogP contribution in [0.1, 0.15) is 13.3 Å². The summed E-state index contributed by atoms with van der Waals surface area (Å²) in [6.07, 6.45) is 1.15. The van der Waals surface area contributed by atoms with Crippen LogP contribution in [0.25, 0.3) is 0 Å². The SMILES string of the molecule is CCC[O][Bi].O.O. The molecule has 2 radical (unpaired) electrons. The van der Waals surface area contributed by atoms with E-state index in [2.05, 4.69) is 6.92 Å². The van der Waals surface area contributed by atoms with Crippen LogP contribution in [0.15, 0.2) is 0 Å². The summed E-state index contributed by atoms with van der Waals surface area (Å²) in [4.78, 5) is 0. The zero-order valence-electron chi connectivity index (χ0n) is 4.27. The van der Waals surface area contributed by atoms with Gasteiger partial charge in [0.15, 0.2) is 0 Å². The van der Waals surface area contributed by atoms with Crippen molar-refractivity contribution in [1.82, 2.24) is 0 Å². The first-order chi connectivity index (χ1) is 2.41. The van der Waals surface area contributed by atoms with Gasteiger partial charge in [-0.25, -0.2) is 0 Å². The molecule has 0 saturated carbocycles. The molecule has 0 spiro atoms. The van der Waals surface area contributed by atoms with E-state index in [0.29, 0.717) is 0 Å². The molecule has 4 N–H and O–H groups in total. The maximum absolute atomic E-state index is 4.80. The third-order valence-corrected chi connectivity index (χ3v) is 1.01. The Morgan fingerprint density at radius 1 is 1.43 bits per heavy atom. The van der Waals surface area contributed by atoms with E-state index in [-0.39, 0.29) is 11.0 Å². The predicted octanol–water partition coefficient (Wildman–Crippen LogP) is -1.15. The molecular formula is C3H11BiO3. The molecule has 46 valence electrons. The fourth-order valence-corrected chi connectivity index (χ4v) is 0.801. The molecule has 0 fully saturated rings.